The molecule has 1 aromatic carbocycles. The van der Waals surface area contributed by atoms with Crippen LogP contribution in [0.2, 0.25) is 0 Å². The molecule has 4 nitrogen and oxygen atoms in total. The van der Waals surface area contributed by atoms with E-state index in [1.807, 2.05) is 20.8 Å². The lowest BCUT2D eigenvalue weighted by Crippen LogP contribution is -2.54. The van der Waals surface area contributed by atoms with Crippen molar-refractivity contribution in [2.24, 2.45) is 0 Å². The molecule has 0 heterocycles. The van der Waals surface area contributed by atoms with Gasteiger partial charge >= 0.3 is 5.97 Å². The quantitative estimate of drug-likeness (QED) is 0.812. The summed E-state index contributed by atoms with van der Waals surface area (Å²) in [5.74, 6) is -0.855. The first-order valence-electron chi connectivity index (χ1n) is 7.08. The maximum absolute atomic E-state index is 13.2. The molecule has 0 aromatic heterocycles. The molecule has 118 valence electrons. The molecule has 0 radical (unpaired) electrons. The zero-order valence-corrected chi connectivity index (χ0v) is 13.2. The Bertz CT molecular complexity index is 504. The Morgan fingerprint density at radius 2 is 2.05 bits per heavy atom. The summed E-state index contributed by atoms with van der Waals surface area (Å²) in [5.41, 5.74) is -0.272. The fraction of sp³-hybridized carbons (Fsp3) is 0.562. The molecule has 0 saturated carbocycles. The summed E-state index contributed by atoms with van der Waals surface area (Å²) in [6, 6.07) is 4.36. The van der Waals surface area contributed by atoms with E-state index in [1.54, 1.807) is 19.9 Å². The molecule has 0 aliphatic rings. The van der Waals surface area contributed by atoms with Crippen molar-refractivity contribution < 1.29 is 19.0 Å². The van der Waals surface area contributed by atoms with Gasteiger partial charge in [0.2, 0.25) is 0 Å². The van der Waals surface area contributed by atoms with Crippen molar-refractivity contribution in [3.05, 3.63) is 29.6 Å². The van der Waals surface area contributed by atoms with Gasteiger partial charge in [0.05, 0.1) is 6.10 Å². The molecule has 0 saturated heterocycles. The smallest absolute Gasteiger partial charge is 0.323 e. The van der Waals surface area contributed by atoms with E-state index in [-0.39, 0.29) is 24.4 Å². The summed E-state index contributed by atoms with van der Waals surface area (Å²) in [5, 5.41) is 12.5. The van der Waals surface area contributed by atoms with Crippen molar-refractivity contribution in [3.63, 3.8) is 0 Å². The van der Waals surface area contributed by atoms with Crippen molar-refractivity contribution in [1.82, 2.24) is 5.32 Å². The van der Waals surface area contributed by atoms with E-state index in [9.17, 15) is 14.3 Å². The van der Waals surface area contributed by atoms with Crippen LogP contribution in [-0.4, -0.2) is 28.8 Å². The summed E-state index contributed by atoms with van der Waals surface area (Å²) in [6.07, 6.45) is -0.0888. The van der Waals surface area contributed by atoms with E-state index in [1.165, 1.54) is 12.1 Å². The van der Waals surface area contributed by atoms with Crippen molar-refractivity contribution in [2.75, 3.05) is 0 Å². The van der Waals surface area contributed by atoms with Crippen LogP contribution >= 0.6 is 0 Å². The van der Waals surface area contributed by atoms with Crippen LogP contribution in [0.4, 0.5) is 4.39 Å². The minimum absolute atomic E-state index is 0.0363. The molecule has 0 aliphatic carbocycles. The van der Waals surface area contributed by atoms with Gasteiger partial charge in [-0.1, -0.05) is 6.07 Å². The topological polar surface area (TPSA) is 58.6 Å². The van der Waals surface area contributed by atoms with E-state index >= 15 is 0 Å². The monoisotopic (exact) mass is 297 g/mol. The summed E-state index contributed by atoms with van der Waals surface area (Å²) in [7, 11) is 0. The Hall–Kier alpha value is -1.62. The number of ether oxygens (including phenoxy) is 1. The van der Waals surface area contributed by atoms with Gasteiger partial charge < -0.3 is 9.84 Å². The highest BCUT2D eigenvalue weighted by molar-refractivity contribution is 5.78. The van der Waals surface area contributed by atoms with E-state index in [0.717, 1.165) is 5.56 Å². The number of rotatable bonds is 7. The Balaban J connectivity index is 2.81. The van der Waals surface area contributed by atoms with Gasteiger partial charge in [-0.25, -0.2) is 4.39 Å². The third-order valence-corrected chi connectivity index (χ3v) is 3.25. The molecular weight excluding hydrogens is 273 g/mol. The molecule has 2 atom stereocenters. The second-order valence-corrected chi connectivity index (χ2v) is 5.98. The Morgan fingerprint density at radius 3 is 2.57 bits per heavy atom. The summed E-state index contributed by atoms with van der Waals surface area (Å²) in [6.45, 7) is 9.03. The Kier molecular flexibility index (Phi) is 5.72. The highest BCUT2D eigenvalue weighted by Gasteiger charge is 2.35. The zero-order valence-electron chi connectivity index (χ0n) is 13.2. The van der Waals surface area contributed by atoms with E-state index < -0.39 is 11.5 Å². The van der Waals surface area contributed by atoms with E-state index in [4.69, 9.17) is 4.74 Å². The highest BCUT2D eigenvalue weighted by atomic mass is 19.1. The van der Waals surface area contributed by atoms with Crippen LogP contribution in [0.3, 0.4) is 0 Å². The van der Waals surface area contributed by atoms with Crippen molar-refractivity contribution in [3.8, 4) is 5.75 Å². The number of carboxylic acids is 1. The SMILES string of the molecule is Cc1ccc(F)cc1OC(C)CC(C)(NC(C)C)C(=O)O. The first-order chi connectivity index (χ1) is 9.64. The number of nitrogens with one attached hydrogen (secondary N) is 1. The predicted molar refractivity (Wildman–Crippen MR) is 80.2 cm³/mol. The first kappa shape index (κ1) is 17.4. The van der Waals surface area contributed by atoms with Gasteiger partial charge in [-0.2, -0.15) is 0 Å². The molecular formula is C16H24FNO3. The van der Waals surface area contributed by atoms with Gasteiger partial charge in [-0.05, 0) is 46.2 Å². The third kappa shape index (κ3) is 5.01. The first-order valence-corrected chi connectivity index (χ1v) is 7.08. The number of hydrogen-bond acceptors (Lipinski definition) is 3. The van der Waals surface area contributed by atoms with Gasteiger partial charge in [0, 0.05) is 18.5 Å². The lowest BCUT2D eigenvalue weighted by Gasteiger charge is -2.31. The number of hydrogen-bond donors (Lipinski definition) is 2. The highest BCUT2D eigenvalue weighted by Crippen LogP contribution is 2.23. The molecule has 0 amide bonds. The van der Waals surface area contributed by atoms with Gasteiger partial charge in [0.25, 0.3) is 0 Å². The molecule has 5 heteroatoms. The van der Waals surface area contributed by atoms with Crippen LogP contribution in [0.5, 0.6) is 5.75 Å². The molecule has 0 bridgehead atoms. The number of carboxylic acid groups (broad SMARTS) is 1. The van der Waals surface area contributed by atoms with Crippen molar-refractivity contribution in [1.29, 1.82) is 0 Å². The maximum Gasteiger partial charge on any atom is 0.323 e. The minimum atomic E-state index is -1.09. The number of halogens is 1. The summed E-state index contributed by atoms with van der Waals surface area (Å²) in [4.78, 5) is 11.5. The lowest BCUT2D eigenvalue weighted by atomic mass is 9.94. The second-order valence-electron chi connectivity index (χ2n) is 5.98. The second kappa shape index (κ2) is 6.89. The summed E-state index contributed by atoms with van der Waals surface area (Å²) < 4.78 is 19.0. The molecule has 0 spiro atoms. The summed E-state index contributed by atoms with van der Waals surface area (Å²) >= 11 is 0. The maximum atomic E-state index is 13.2. The fourth-order valence-electron chi connectivity index (χ4n) is 2.38. The molecule has 0 aliphatic heterocycles. The van der Waals surface area contributed by atoms with Gasteiger partial charge in [0.1, 0.15) is 17.1 Å². The van der Waals surface area contributed by atoms with Gasteiger partial charge in [0.15, 0.2) is 0 Å². The molecule has 1 rings (SSSR count). The minimum Gasteiger partial charge on any atom is -0.490 e. The van der Waals surface area contributed by atoms with Gasteiger partial charge in [-0.15, -0.1) is 0 Å². The van der Waals surface area contributed by atoms with E-state index in [0.29, 0.717) is 5.75 Å². The van der Waals surface area contributed by atoms with Gasteiger partial charge in [-0.3, -0.25) is 10.1 Å². The molecule has 2 unspecified atom stereocenters. The Morgan fingerprint density at radius 1 is 1.43 bits per heavy atom. The van der Waals surface area contributed by atoms with Crippen LogP contribution in [0.25, 0.3) is 0 Å². The molecule has 1 aromatic rings. The van der Waals surface area contributed by atoms with E-state index in [2.05, 4.69) is 5.32 Å². The average molecular weight is 297 g/mol. The standard InChI is InChI=1S/C16H24FNO3/c1-10(2)18-16(5,15(19)20)9-12(4)21-14-8-13(17)7-6-11(14)3/h6-8,10,12,18H,9H2,1-5H3,(H,19,20). The van der Waals surface area contributed by atoms with Crippen LogP contribution < -0.4 is 10.1 Å². The fourth-order valence-corrected chi connectivity index (χ4v) is 2.38. The average Bonchev–Trinajstić information content (AvgIpc) is 2.32. The Labute approximate surface area is 125 Å². The largest absolute Gasteiger partial charge is 0.490 e. The van der Waals surface area contributed by atoms with Crippen molar-refractivity contribution in [2.45, 2.75) is 58.7 Å². The number of aryl methyl sites for hydroxylation is 1. The van der Waals surface area contributed by atoms with Crippen LogP contribution in [0.1, 0.15) is 39.7 Å². The molecule has 0 fully saturated rings. The van der Waals surface area contributed by atoms with Crippen LogP contribution in [-0.2, 0) is 4.79 Å². The predicted octanol–water partition coefficient (Wildman–Crippen LogP) is 3.13. The molecule has 21 heavy (non-hydrogen) atoms. The lowest BCUT2D eigenvalue weighted by molar-refractivity contribution is -0.145. The van der Waals surface area contributed by atoms with Crippen LogP contribution in [0, 0.1) is 12.7 Å². The molecule has 2 N–H and O–H groups in total. The van der Waals surface area contributed by atoms with Crippen LogP contribution in [0.15, 0.2) is 18.2 Å². The number of carbonyl (C=O) groups is 1. The third-order valence-electron chi connectivity index (χ3n) is 3.25. The normalized spacial score (nSPS) is 15.6. The number of aliphatic carboxylic acids is 1. The number of benzene rings is 1. The van der Waals surface area contributed by atoms with Crippen molar-refractivity contribution >= 4 is 5.97 Å². The zero-order chi connectivity index (χ0) is 16.2.